The van der Waals surface area contributed by atoms with Gasteiger partial charge < -0.3 is 10.1 Å². The van der Waals surface area contributed by atoms with E-state index in [1.54, 1.807) is 18.2 Å². The van der Waals surface area contributed by atoms with E-state index in [1.165, 1.54) is 25.4 Å². The number of hydrogen-bond donors (Lipinski definition) is 1. The van der Waals surface area contributed by atoms with E-state index in [0.29, 0.717) is 16.3 Å². The molecule has 0 aliphatic heterocycles. The lowest BCUT2D eigenvalue weighted by Gasteiger charge is -2.04. The minimum atomic E-state index is -0.430. The van der Waals surface area contributed by atoms with Crippen molar-refractivity contribution >= 4 is 40.5 Å². The Morgan fingerprint density at radius 1 is 1.27 bits per heavy atom. The predicted octanol–water partition coefficient (Wildman–Crippen LogP) is 3.12. The van der Waals surface area contributed by atoms with Crippen LogP contribution in [0.3, 0.4) is 0 Å². The second-order valence-electron chi connectivity index (χ2n) is 4.65. The normalized spacial score (nSPS) is 11.1. The highest BCUT2D eigenvalue weighted by atomic mass is 32.1. The van der Waals surface area contributed by atoms with Crippen LogP contribution in [0.15, 0.2) is 29.6 Å². The van der Waals surface area contributed by atoms with Crippen molar-refractivity contribution in [2.75, 3.05) is 12.4 Å². The van der Waals surface area contributed by atoms with Gasteiger partial charge in [0, 0.05) is 23.7 Å². The number of aromatic nitrogens is 1. The van der Waals surface area contributed by atoms with Crippen LogP contribution in [-0.4, -0.2) is 24.0 Å². The van der Waals surface area contributed by atoms with Gasteiger partial charge in [-0.05, 0) is 30.7 Å². The van der Waals surface area contributed by atoms with Crippen molar-refractivity contribution in [1.82, 2.24) is 4.98 Å². The summed E-state index contributed by atoms with van der Waals surface area (Å²) < 4.78 is 4.83. The first-order valence-corrected chi connectivity index (χ1v) is 7.47. The van der Waals surface area contributed by atoms with E-state index in [4.69, 9.17) is 4.74 Å². The summed E-state index contributed by atoms with van der Waals surface area (Å²) in [7, 11) is 1.34. The number of ether oxygens (including phenoxy) is 1. The number of rotatable bonds is 4. The Kier molecular flexibility index (Phi) is 5.06. The highest BCUT2D eigenvalue weighted by Gasteiger charge is 2.15. The average Bonchev–Trinajstić information content (AvgIpc) is 2.91. The predicted molar refractivity (Wildman–Crippen MR) is 87.5 cm³/mol. The molecule has 2 rings (SSSR count). The zero-order chi connectivity index (χ0) is 16.1. The molecule has 0 radical (unpaired) electrons. The molecular formula is C16H16N2O3S. The monoisotopic (exact) mass is 316 g/mol. The van der Waals surface area contributed by atoms with Crippen LogP contribution >= 0.6 is 11.3 Å². The van der Waals surface area contributed by atoms with Crippen molar-refractivity contribution in [3.63, 3.8) is 0 Å². The Balaban J connectivity index is 2.33. The first-order chi connectivity index (χ1) is 10.5. The molecule has 0 unspecified atom stereocenters. The standard InChI is InChI=1S/C16H16N2O3S/c1-10-9-22-15(17-10)14(16(20)21-3)8-12-4-6-13(7-5-12)18-11(2)19/h4-9H,1-3H3,(H,18,19)/b14-8-. The van der Waals surface area contributed by atoms with E-state index in [2.05, 4.69) is 10.3 Å². The van der Waals surface area contributed by atoms with Gasteiger partial charge in [0.05, 0.1) is 12.7 Å². The Hall–Kier alpha value is -2.47. The molecule has 0 spiro atoms. The second kappa shape index (κ2) is 7.00. The number of aryl methyl sites for hydroxylation is 1. The number of methoxy groups -OCH3 is 1. The summed E-state index contributed by atoms with van der Waals surface area (Å²) in [4.78, 5) is 27.3. The number of nitrogens with one attached hydrogen (secondary N) is 1. The van der Waals surface area contributed by atoms with Crippen molar-refractivity contribution in [2.45, 2.75) is 13.8 Å². The van der Waals surface area contributed by atoms with Crippen molar-refractivity contribution in [1.29, 1.82) is 0 Å². The molecule has 0 aliphatic carbocycles. The molecule has 1 amide bonds. The van der Waals surface area contributed by atoms with E-state index in [-0.39, 0.29) is 5.91 Å². The van der Waals surface area contributed by atoms with E-state index in [9.17, 15) is 9.59 Å². The molecular weight excluding hydrogens is 300 g/mol. The highest BCUT2D eigenvalue weighted by molar-refractivity contribution is 7.11. The van der Waals surface area contributed by atoms with Gasteiger partial charge in [-0.15, -0.1) is 11.3 Å². The zero-order valence-electron chi connectivity index (χ0n) is 12.5. The van der Waals surface area contributed by atoms with Crippen molar-refractivity contribution < 1.29 is 14.3 Å². The summed E-state index contributed by atoms with van der Waals surface area (Å²) in [6.07, 6.45) is 1.72. The number of hydrogen-bond acceptors (Lipinski definition) is 5. The van der Waals surface area contributed by atoms with Crippen molar-refractivity contribution in [2.24, 2.45) is 0 Å². The van der Waals surface area contributed by atoms with Crippen molar-refractivity contribution in [3.8, 4) is 0 Å². The zero-order valence-corrected chi connectivity index (χ0v) is 13.4. The number of thiazole rings is 1. The molecule has 0 bridgehead atoms. The molecule has 2 aromatic rings. The molecule has 114 valence electrons. The summed E-state index contributed by atoms with van der Waals surface area (Å²) in [5.41, 5.74) is 2.79. The molecule has 6 heteroatoms. The van der Waals surface area contributed by atoms with E-state index in [1.807, 2.05) is 24.4 Å². The van der Waals surface area contributed by atoms with Crippen LogP contribution in [0.25, 0.3) is 11.6 Å². The minimum absolute atomic E-state index is 0.128. The maximum absolute atomic E-state index is 12.0. The summed E-state index contributed by atoms with van der Waals surface area (Å²) in [6, 6.07) is 7.17. The molecule has 0 saturated carbocycles. The molecule has 22 heavy (non-hydrogen) atoms. The molecule has 0 saturated heterocycles. The summed E-state index contributed by atoms with van der Waals surface area (Å²) in [5.74, 6) is -0.558. The fourth-order valence-corrected chi connectivity index (χ4v) is 2.63. The molecule has 5 nitrogen and oxygen atoms in total. The molecule has 0 aliphatic rings. The van der Waals surface area contributed by atoms with Gasteiger partial charge in [0.1, 0.15) is 5.01 Å². The Labute approximate surface area is 132 Å². The van der Waals surface area contributed by atoms with Gasteiger partial charge in [0.15, 0.2) is 0 Å². The summed E-state index contributed by atoms with van der Waals surface area (Å²) >= 11 is 1.39. The maximum Gasteiger partial charge on any atom is 0.340 e. The fraction of sp³-hybridized carbons (Fsp3) is 0.188. The Morgan fingerprint density at radius 2 is 1.95 bits per heavy atom. The highest BCUT2D eigenvalue weighted by Crippen LogP contribution is 2.23. The molecule has 1 aromatic carbocycles. The van der Waals surface area contributed by atoms with Crippen LogP contribution in [-0.2, 0) is 14.3 Å². The van der Waals surface area contributed by atoms with Crippen LogP contribution in [0, 0.1) is 6.92 Å². The Morgan fingerprint density at radius 3 is 2.45 bits per heavy atom. The van der Waals surface area contributed by atoms with E-state index >= 15 is 0 Å². The van der Waals surface area contributed by atoms with Gasteiger partial charge in [-0.25, -0.2) is 9.78 Å². The number of anilines is 1. The SMILES string of the molecule is COC(=O)/C(=C\c1ccc(NC(C)=O)cc1)c1nc(C)cs1. The summed E-state index contributed by atoms with van der Waals surface area (Å²) in [6.45, 7) is 3.32. The number of esters is 1. The number of benzene rings is 1. The number of carbonyl (C=O) groups is 2. The van der Waals surface area contributed by atoms with Gasteiger partial charge in [-0.3, -0.25) is 4.79 Å². The molecule has 1 aromatic heterocycles. The lowest BCUT2D eigenvalue weighted by Crippen LogP contribution is -2.05. The van der Waals surface area contributed by atoms with Crippen LogP contribution in [0.2, 0.25) is 0 Å². The molecule has 0 fully saturated rings. The van der Waals surface area contributed by atoms with Crippen LogP contribution in [0.5, 0.6) is 0 Å². The first-order valence-electron chi connectivity index (χ1n) is 6.60. The molecule has 1 N–H and O–H groups in total. The smallest absolute Gasteiger partial charge is 0.340 e. The van der Waals surface area contributed by atoms with Gasteiger partial charge in [0.25, 0.3) is 0 Å². The van der Waals surface area contributed by atoms with Crippen LogP contribution in [0.1, 0.15) is 23.2 Å². The largest absolute Gasteiger partial charge is 0.465 e. The third kappa shape index (κ3) is 4.02. The molecule has 0 atom stereocenters. The second-order valence-corrected chi connectivity index (χ2v) is 5.50. The van der Waals surface area contributed by atoms with Gasteiger partial charge >= 0.3 is 5.97 Å². The minimum Gasteiger partial charge on any atom is -0.465 e. The number of nitrogens with zero attached hydrogens (tertiary/aromatic N) is 1. The maximum atomic E-state index is 12.0. The number of carbonyl (C=O) groups excluding carboxylic acids is 2. The quantitative estimate of drug-likeness (QED) is 0.695. The topological polar surface area (TPSA) is 68.3 Å². The van der Waals surface area contributed by atoms with Gasteiger partial charge in [-0.2, -0.15) is 0 Å². The fourth-order valence-electron chi connectivity index (χ4n) is 1.83. The van der Waals surface area contributed by atoms with Crippen LogP contribution in [0.4, 0.5) is 5.69 Å². The first kappa shape index (κ1) is 15.9. The lowest BCUT2D eigenvalue weighted by atomic mass is 10.1. The lowest BCUT2D eigenvalue weighted by molar-refractivity contribution is -0.133. The Bertz CT molecular complexity index is 717. The molecule has 1 heterocycles. The summed E-state index contributed by atoms with van der Waals surface area (Å²) in [5, 5.41) is 5.19. The van der Waals surface area contributed by atoms with E-state index < -0.39 is 5.97 Å². The van der Waals surface area contributed by atoms with Crippen molar-refractivity contribution in [3.05, 3.63) is 45.9 Å². The number of amides is 1. The van der Waals surface area contributed by atoms with Gasteiger partial charge in [0.2, 0.25) is 5.91 Å². The third-order valence-corrected chi connectivity index (χ3v) is 3.79. The average molecular weight is 316 g/mol. The van der Waals surface area contributed by atoms with Gasteiger partial charge in [-0.1, -0.05) is 12.1 Å². The third-order valence-electron chi connectivity index (χ3n) is 2.80. The van der Waals surface area contributed by atoms with Crippen LogP contribution < -0.4 is 5.32 Å². The van der Waals surface area contributed by atoms with E-state index in [0.717, 1.165) is 11.3 Å².